The van der Waals surface area contributed by atoms with E-state index in [0.29, 0.717) is 27.8 Å². The Balaban J connectivity index is 1.42. The molecular formula is C22H23N5O3S. The second-order valence-corrected chi connectivity index (χ2v) is 7.94. The zero-order chi connectivity index (χ0) is 21.8. The average Bonchev–Trinajstić information content (AvgIpc) is 3.04. The van der Waals surface area contributed by atoms with Gasteiger partial charge in [0.15, 0.2) is 4.77 Å². The van der Waals surface area contributed by atoms with Crippen molar-refractivity contribution in [3.05, 3.63) is 63.2 Å². The predicted octanol–water partition coefficient (Wildman–Crippen LogP) is 4.25. The molecule has 4 N–H and O–H groups in total. The van der Waals surface area contributed by atoms with Crippen molar-refractivity contribution >= 4 is 46.4 Å². The van der Waals surface area contributed by atoms with Gasteiger partial charge < -0.3 is 20.5 Å². The molecule has 0 unspecified atom stereocenters. The van der Waals surface area contributed by atoms with Gasteiger partial charge in [-0.25, -0.2) is 4.79 Å². The van der Waals surface area contributed by atoms with E-state index in [1.807, 2.05) is 4.90 Å². The van der Waals surface area contributed by atoms with Crippen LogP contribution in [0, 0.1) is 4.77 Å². The number of rotatable bonds is 3. The molecule has 1 aliphatic rings. The van der Waals surface area contributed by atoms with E-state index in [1.165, 1.54) is 12.8 Å². The first kappa shape index (κ1) is 20.8. The topological polar surface area (TPSA) is 110 Å². The predicted molar refractivity (Wildman–Crippen MR) is 123 cm³/mol. The number of carbonyl (C=O) groups is 2. The minimum atomic E-state index is -0.317. The molecule has 1 fully saturated rings. The van der Waals surface area contributed by atoms with Crippen LogP contribution in [0.4, 0.5) is 16.2 Å². The van der Waals surface area contributed by atoms with Gasteiger partial charge in [-0.15, -0.1) is 0 Å². The van der Waals surface area contributed by atoms with Crippen molar-refractivity contribution in [1.82, 2.24) is 14.9 Å². The van der Waals surface area contributed by atoms with Gasteiger partial charge in [-0.2, -0.15) is 0 Å². The van der Waals surface area contributed by atoms with Crippen LogP contribution in [0.3, 0.4) is 0 Å². The highest BCUT2D eigenvalue weighted by molar-refractivity contribution is 7.71. The van der Waals surface area contributed by atoms with Crippen LogP contribution in [-0.4, -0.2) is 39.9 Å². The highest BCUT2D eigenvalue weighted by atomic mass is 32.1. The lowest BCUT2D eigenvalue weighted by molar-refractivity contribution is 0.102. The van der Waals surface area contributed by atoms with Gasteiger partial charge in [0.1, 0.15) is 0 Å². The molecule has 3 amide bonds. The van der Waals surface area contributed by atoms with Crippen LogP contribution in [0.1, 0.15) is 36.0 Å². The second-order valence-electron chi connectivity index (χ2n) is 7.53. The average molecular weight is 438 g/mol. The van der Waals surface area contributed by atoms with E-state index in [9.17, 15) is 14.4 Å². The number of nitrogens with one attached hydrogen (secondary N) is 4. The van der Waals surface area contributed by atoms with Gasteiger partial charge in [0.2, 0.25) is 0 Å². The molecule has 0 radical (unpaired) electrons. The van der Waals surface area contributed by atoms with E-state index in [1.54, 1.807) is 42.5 Å². The van der Waals surface area contributed by atoms with Gasteiger partial charge >= 0.3 is 6.03 Å². The Hall–Kier alpha value is -3.46. The van der Waals surface area contributed by atoms with Crippen LogP contribution < -0.4 is 16.2 Å². The fourth-order valence-electron chi connectivity index (χ4n) is 3.63. The van der Waals surface area contributed by atoms with Crippen molar-refractivity contribution in [1.29, 1.82) is 0 Å². The molecular weight excluding hydrogens is 414 g/mol. The second kappa shape index (κ2) is 9.13. The molecule has 0 atom stereocenters. The number of nitrogens with zero attached hydrogens (tertiary/aromatic N) is 1. The van der Waals surface area contributed by atoms with Crippen molar-refractivity contribution in [2.24, 2.45) is 0 Å². The third-order valence-corrected chi connectivity index (χ3v) is 5.49. The number of aromatic amines is 2. The minimum absolute atomic E-state index is 0.0952. The molecule has 1 saturated heterocycles. The Morgan fingerprint density at radius 2 is 1.52 bits per heavy atom. The molecule has 1 aliphatic heterocycles. The van der Waals surface area contributed by atoms with E-state index in [0.717, 1.165) is 25.9 Å². The number of H-pyrrole nitrogens is 2. The maximum atomic E-state index is 12.6. The number of benzene rings is 2. The van der Waals surface area contributed by atoms with E-state index >= 15 is 0 Å². The van der Waals surface area contributed by atoms with Gasteiger partial charge in [0.05, 0.1) is 10.9 Å². The maximum Gasteiger partial charge on any atom is 0.321 e. The number of urea groups is 1. The molecule has 3 aromatic rings. The monoisotopic (exact) mass is 437 g/mol. The SMILES string of the molecule is O=C(Nc1ccc(NC(=O)N2CCCCCC2)cc1)c1ccc2c(=O)[nH]c(=S)[nH]c2c1. The van der Waals surface area contributed by atoms with E-state index in [4.69, 9.17) is 12.2 Å². The third kappa shape index (κ3) is 5.00. The lowest BCUT2D eigenvalue weighted by Gasteiger charge is -2.20. The zero-order valence-corrected chi connectivity index (χ0v) is 17.7. The maximum absolute atomic E-state index is 12.6. The summed E-state index contributed by atoms with van der Waals surface area (Å²) in [5, 5.41) is 6.15. The summed E-state index contributed by atoms with van der Waals surface area (Å²) in [5.41, 5.74) is 1.85. The summed E-state index contributed by atoms with van der Waals surface area (Å²) in [4.78, 5) is 44.2. The smallest absolute Gasteiger partial charge is 0.321 e. The van der Waals surface area contributed by atoms with Gasteiger partial charge in [-0.05, 0) is 67.5 Å². The minimum Gasteiger partial charge on any atom is -0.332 e. The largest absolute Gasteiger partial charge is 0.332 e. The molecule has 2 aromatic carbocycles. The number of amides is 3. The molecule has 160 valence electrons. The summed E-state index contributed by atoms with van der Waals surface area (Å²) in [6, 6.07) is 11.6. The van der Waals surface area contributed by atoms with Crippen molar-refractivity contribution in [2.45, 2.75) is 25.7 Å². The summed E-state index contributed by atoms with van der Waals surface area (Å²) < 4.78 is 0.202. The van der Waals surface area contributed by atoms with Crippen LogP contribution >= 0.6 is 12.2 Å². The van der Waals surface area contributed by atoms with Crippen molar-refractivity contribution in [3.63, 3.8) is 0 Å². The molecule has 4 rings (SSSR count). The number of hydrogen-bond acceptors (Lipinski definition) is 4. The first-order valence-electron chi connectivity index (χ1n) is 10.2. The molecule has 0 bridgehead atoms. The number of carbonyl (C=O) groups excluding carboxylic acids is 2. The molecule has 31 heavy (non-hydrogen) atoms. The number of hydrogen-bond donors (Lipinski definition) is 4. The summed E-state index contributed by atoms with van der Waals surface area (Å²) in [6.07, 6.45) is 4.40. The zero-order valence-electron chi connectivity index (χ0n) is 16.9. The highest BCUT2D eigenvalue weighted by Gasteiger charge is 2.15. The lowest BCUT2D eigenvalue weighted by Crippen LogP contribution is -2.35. The molecule has 2 heterocycles. The van der Waals surface area contributed by atoms with Crippen LogP contribution in [0.2, 0.25) is 0 Å². The molecule has 0 saturated carbocycles. The fraction of sp³-hybridized carbons (Fsp3) is 0.273. The van der Waals surface area contributed by atoms with Gasteiger partial charge in [-0.3, -0.25) is 14.6 Å². The van der Waals surface area contributed by atoms with Crippen LogP contribution in [0.5, 0.6) is 0 Å². The Labute approximate surface area is 183 Å². The Bertz CT molecular complexity index is 1220. The van der Waals surface area contributed by atoms with Gasteiger partial charge in [0.25, 0.3) is 11.5 Å². The summed E-state index contributed by atoms with van der Waals surface area (Å²) >= 11 is 4.99. The quantitative estimate of drug-likeness (QED) is 0.459. The van der Waals surface area contributed by atoms with Crippen LogP contribution in [-0.2, 0) is 0 Å². The number of aromatic nitrogens is 2. The van der Waals surface area contributed by atoms with Gasteiger partial charge in [-0.1, -0.05) is 12.8 Å². The lowest BCUT2D eigenvalue weighted by atomic mass is 10.1. The van der Waals surface area contributed by atoms with E-state index in [2.05, 4.69) is 20.6 Å². The van der Waals surface area contributed by atoms with E-state index < -0.39 is 0 Å². The highest BCUT2D eigenvalue weighted by Crippen LogP contribution is 2.17. The summed E-state index contributed by atoms with van der Waals surface area (Å²) in [7, 11) is 0. The molecule has 0 aliphatic carbocycles. The number of likely N-dealkylation sites (tertiary alicyclic amines) is 1. The standard InChI is InChI=1S/C22H23N5O3S/c28-19(14-5-10-17-18(13-14)25-21(31)26-20(17)29)23-15-6-8-16(9-7-15)24-22(30)27-11-3-1-2-4-12-27/h5-10,13H,1-4,11-12H2,(H,23,28)(H,24,30)(H2,25,26,29,31). The van der Waals surface area contributed by atoms with Crippen molar-refractivity contribution in [3.8, 4) is 0 Å². The summed E-state index contributed by atoms with van der Waals surface area (Å²) in [5.74, 6) is -0.317. The third-order valence-electron chi connectivity index (χ3n) is 5.29. The fourth-order valence-corrected chi connectivity index (χ4v) is 3.83. The van der Waals surface area contributed by atoms with Crippen molar-refractivity contribution < 1.29 is 9.59 Å². The Morgan fingerprint density at radius 1 is 0.871 bits per heavy atom. The normalized spacial score (nSPS) is 14.1. The first-order valence-corrected chi connectivity index (χ1v) is 10.6. The summed E-state index contributed by atoms with van der Waals surface area (Å²) in [6.45, 7) is 1.56. The van der Waals surface area contributed by atoms with E-state index in [-0.39, 0.29) is 22.3 Å². The Morgan fingerprint density at radius 3 is 2.19 bits per heavy atom. The molecule has 1 aromatic heterocycles. The number of anilines is 2. The molecule has 9 heteroatoms. The van der Waals surface area contributed by atoms with Gasteiger partial charge in [0, 0.05) is 30.0 Å². The first-order chi connectivity index (χ1) is 15.0. The van der Waals surface area contributed by atoms with Crippen LogP contribution in [0.25, 0.3) is 10.9 Å². The van der Waals surface area contributed by atoms with Crippen LogP contribution in [0.15, 0.2) is 47.3 Å². The molecule has 0 spiro atoms. The molecule has 8 nitrogen and oxygen atoms in total. The Kier molecular flexibility index (Phi) is 6.13. The number of fused-ring (bicyclic) bond motifs is 1. The van der Waals surface area contributed by atoms with Crippen molar-refractivity contribution in [2.75, 3.05) is 23.7 Å².